The van der Waals surface area contributed by atoms with E-state index in [0.29, 0.717) is 0 Å². The number of halogens is 1. The molecule has 0 saturated heterocycles. The number of benzene rings is 1. The van der Waals surface area contributed by atoms with Gasteiger partial charge in [-0.1, -0.05) is 37.8 Å². The molecule has 85 valence electrons. The van der Waals surface area contributed by atoms with E-state index in [-0.39, 0.29) is 0 Å². The van der Waals surface area contributed by atoms with Crippen LogP contribution in [0.15, 0.2) is 28.7 Å². The van der Waals surface area contributed by atoms with E-state index in [1.165, 1.54) is 19.3 Å². The highest BCUT2D eigenvalue weighted by molar-refractivity contribution is 6.31. The molecule has 0 N–H and O–H groups in total. The van der Waals surface area contributed by atoms with Crippen molar-refractivity contribution >= 4 is 22.6 Å². The van der Waals surface area contributed by atoms with E-state index in [9.17, 15) is 0 Å². The van der Waals surface area contributed by atoms with Crippen LogP contribution in [0.25, 0.3) is 11.0 Å². The zero-order valence-electron chi connectivity index (χ0n) is 9.34. The Kier molecular flexibility index (Phi) is 3.89. The van der Waals surface area contributed by atoms with Crippen molar-refractivity contribution in [1.29, 1.82) is 0 Å². The van der Waals surface area contributed by atoms with Crippen LogP contribution in [0.3, 0.4) is 0 Å². The van der Waals surface area contributed by atoms with Crippen molar-refractivity contribution in [3.63, 3.8) is 0 Å². The molecular formula is C14H16ClO. The largest absolute Gasteiger partial charge is 0.461 e. The molecular weight excluding hydrogens is 220 g/mol. The lowest BCUT2D eigenvalue weighted by atomic mass is 10.1. The molecule has 16 heavy (non-hydrogen) atoms. The van der Waals surface area contributed by atoms with Gasteiger partial charge in [0.15, 0.2) is 0 Å². The van der Waals surface area contributed by atoms with Gasteiger partial charge >= 0.3 is 0 Å². The number of fused-ring (bicyclic) bond motifs is 1. The Balaban J connectivity index is 2.02. The van der Waals surface area contributed by atoms with Crippen LogP contribution in [0.4, 0.5) is 0 Å². The summed E-state index contributed by atoms with van der Waals surface area (Å²) in [7, 11) is 0. The molecule has 0 saturated carbocycles. The lowest BCUT2D eigenvalue weighted by Gasteiger charge is -1.95. The molecule has 2 rings (SSSR count). The standard InChI is InChI=1S/C14H16ClO/c1-2-3-4-5-6-13-9-11-7-8-12(15)10-14(11)16-13/h7-10H,1-6H2. The zero-order valence-corrected chi connectivity index (χ0v) is 10.1. The van der Waals surface area contributed by atoms with Crippen molar-refractivity contribution in [1.82, 2.24) is 0 Å². The SMILES string of the molecule is [CH2]CCCCCc1cc2ccc(Cl)cc2o1. The molecule has 1 aromatic heterocycles. The summed E-state index contributed by atoms with van der Waals surface area (Å²) in [5.74, 6) is 1.06. The third-order valence-electron chi connectivity index (χ3n) is 2.71. The average molecular weight is 236 g/mol. The minimum absolute atomic E-state index is 0.727. The van der Waals surface area contributed by atoms with Gasteiger partial charge in [-0.3, -0.25) is 0 Å². The summed E-state index contributed by atoms with van der Waals surface area (Å²) >= 11 is 5.91. The van der Waals surface area contributed by atoms with Gasteiger partial charge in [0.05, 0.1) is 0 Å². The molecule has 1 nitrogen and oxygen atoms in total. The molecule has 0 bridgehead atoms. The minimum Gasteiger partial charge on any atom is -0.461 e. The Morgan fingerprint density at radius 2 is 2.00 bits per heavy atom. The monoisotopic (exact) mass is 235 g/mol. The van der Waals surface area contributed by atoms with E-state index >= 15 is 0 Å². The predicted octanol–water partition coefficient (Wildman–Crippen LogP) is 5.02. The predicted molar refractivity (Wildman–Crippen MR) is 68.8 cm³/mol. The maximum Gasteiger partial charge on any atom is 0.135 e. The summed E-state index contributed by atoms with van der Waals surface area (Å²) in [6.45, 7) is 3.84. The molecule has 0 atom stereocenters. The van der Waals surface area contributed by atoms with Gasteiger partial charge in [-0.25, -0.2) is 0 Å². The van der Waals surface area contributed by atoms with Crippen LogP contribution in [0, 0.1) is 6.92 Å². The highest BCUT2D eigenvalue weighted by Gasteiger charge is 2.03. The lowest BCUT2D eigenvalue weighted by molar-refractivity contribution is 0.529. The third-order valence-corrected chi connectivity index (χ3v) is 2.94. The molecule has 0 fully saturated rings. The lowest BCUT2D eigenvalue weighted by Crippen LogP contribution is -1.81. The van der Waals surface area contributed by atoms with Crippen LogP contribution in [0.5, 0.6) is 0 Å². The fraction of sp³-hybridized carbons (Fsp3) is 0.357. The van der Waals surface area contributed by atoms with Crippen molar-refractivity contribution in [2.45, 2.75) is 32.1 Å². The second-order valence-electron chi connectivity index (χ2n) is 4.06. The second kappa shape index (κ2) is 5.40. The smallest absolute Gasteiger partial charge is 0.135 e. The molecule has 0 aliphatic carbocycles. The number of hydrogen-bond donors (Lipinski definition) is 0. The van der Waals surface area contributed by atoms with E-state index in [1.54, 1.807) is 0 Å². The molecule has 1 heterocycles. The van der Waals surface area contributed by atoms with E-state index in [0.717, 1.165) is 34.6 Å². The van der Waals surface area contributed by atoms with Crippen LogP contribution in [-0.2, 0) is 6.42 Å². The van der Waals surface area contributed by atoms with Crippen molar-refractivity contribution in [3.8, 4) is 0 Å². The van der Waals surface area contributed by atoms with E-state index in [4.69, 9.17) is 16.0 Å². The highest BCUT2D eigenvalue weighted by atomic mass is 35.5. The minimum atomic E-state index is 0.727. The first-order valence-electron chi connectivity index (χ1n) is 5.77. The molecule has 0 unspecified atom stereocenters. The Morgan fingerprint density at radius 1 is 1.12 bits per heavy atom. The fourth-order valence-corrected chi connectivity index (χ4v) is 2.00. The van der Waals surface area contributed by atoms with E-state index in [2.05, 4.69) is 13.0 Å². The second-order valence-corrected chi connectivity index (χ2v) is 4.50. The van der Waals surface area contributed by atoms with E-state index < -0.39 is 0 Å². The summed E-state index contributed by atoms with van der Waals surface area (Å²) in [5, 5.41) is 1.86. The van der Waals surface area contributed by atoms with Gasteiger partial charge in [0, 0.05) is 16.8 Å². The van der Waals surface area contributed by atoms with Gasteiger partial charge in [-0.15, -0.1) is 0 Å². The van der Waals surface area contributed by atoms with Crippen LogP contribution < -0.4 is 0 Å². The Labute approximate surface area is 101 Å². The molecule has 2 heteroatoms. The van der Waals surface area contributed by atoms with Gasteiger partial charge in [0.1, 0.15) is 11.3 Å². The summed E-state index contributed by atoms with van der Waals surface area (Å²) in [6.07, 6.45) is 5.62. The number of furan rings is 1. The normalized spacial score (nSPS) is 11.1. The van der Waals surface area contributed by atoms with Gasteiger partial charge in [-0.05, 0) is 30.7 Å². The molecule has 2 aromatic rings. The summed E-state index contributed by atoms with van der Waals surface area (Å²) in [6, 6.07) is 7.87. The van der Waals surface area contributed by atoms with Crippen molar-refractivity contribution in [2.75, 3.05) is 0 Å². The van der Waals surface area contributed by atoms with Crippen molar-refractivity contribution in [2.24, 2.45) is 0 Å². The molecule has 1 aromatic carbocycles. The summed E-state index contributed by atoms with van der Waals surface area (Å²) in [5.41, 5.74) is 0.889. The number of rotatable bonds is 5. The van der Waals surface area contributed by atoms with Crippen molar-refractivity contribution in [3.05, 3.63) is 42.0 Å². The number of hydrogen-bond acceptors (Lipinski definition) is 1. The van der Waals surface area contributed by atoms with E-state index in [1.807, 2.05) is 18.2 Å². The van der Waals surface area contributed by atoms with Gasteiger partial charge in [0.25, 0.3) is 0 Å². The van der Waals surface area contributed by atoms with Gasteiger partial charge < -0.3 is 4.42 Å². The highest BCUT2D eigenvalue weighted by Crippen LogP contribution is 2.24. The van der Waals surface area contributed by atoms with Crippen LogP contribution in [0.1, 0.15) is 31.4 Å². The van der Waals surface area contributed by atoms with Crippen LogP contribution in [0.2, 0.25) is 5.02 Å². The summed E-state index contributed by atoms with van der Waals surface area (Å²) < 4.78 is 5.73. The fourth-order valence-electron chi connectivity index (χ4n) is 1.84. The average Bonchev–Trinajstić information content (AvgIpc) is 2.66. The molecule has 0 amide bonds. The first-order chi connectivity index (χ1) is 7.79. The first-order valence-corrected chi connectivity index (χ1v) is 6.14. The Bertz CT molecular complexity index is 459. The van der Waals surface area contributed by atoms with Crippen molar-refractivity contribution < 1.29 is 4.42 Å². The van der Waals surface area contributed by atoms with Gasteiger partial charge in [-0.2, -0.15) is 0 Å². The molecule has 1 radical (unpaired) electrons. The quantitative estimate of drug-likeness (QED) is 0.663. The van der Waals surface area contributed by atoms with Crippen LogP contribution >= 0.6 is 11.6 Å². The Hall–Kier alpha value is -0.950. The molecule has 0 spiro atoms. The first kappa shape index (κ1) is 11.5. The van der Waals surface area contributed by atoms with Crippen LogP contribution in [-0.4, -0.2) is 0 Å². The topological polar surface area (TPSA) is 13.1 Å². The summed E-state index contributed by atoms with van der Waals surface area (Å²) in [4.78, 5) is 0. The maximum atomic E-state index is 5.91. The third kappa shape index (κ3) is 2.79. The van der Waals surface area contributed by atoms with Gasteiger partial charge in [0.2, 0.25) is 0 Å². The maximum absolute atomic E-state index is 5.91. The zero-order chi connectivity index (χ0) is 11.4. The molecule has 0 aliphatic heterocycles. The number of unbranched alkanes of at least 4 members (excludes halogenated alkanes) is 3. The molecule has 0 aliphatic rings. The number of aryl methyl sites for hydroxylation is 1. The Morgan fingerprint density at radius 3 is 2.81 bits per heavy atom.